The van der Waals surface area contributed by atoms with E-state index < -0.39 is 23.1 Å². The fourth-order valence-electron chi connectivity index (χ4n) is 5.37. The summed E-state index contributed by atoms with van der Waals surface area (Å²) in [4.78, 5) is 12.7. The Labute approximate surface area is 152 Å². The zero-order valence-electron chi connectivity index (χ0n) is 15.1. The van der Waals surface area contributed by atoms with Crippen LogP contribution in [0.4, 0.5) is 13.2 Å². The highest BCUT2D eigenvalue weighted by atomic mass is 19.4. The number of rotatable bonds is 6. The van der Waals surface area contributed by atoms with Crippen molar-refractivity contribution < 1.29 is 18.0 Å². The largest absolute Gasteiger partial charge is 0.416 e. The fourth-order valence-corrected chi connectivity index (χ4v) is 5.37. The molecule has 4 atom stereocenters. The Hall–Kier alpha value is -1.56. The monoisotopic (exact) mass is 368 g/mol. The van der Waals surface area contributed by atoms with E-state index in [1.54, 1.807) is 6.07 Å². The number of fused-ring (bicyclic) bond motifs is 1. The Morgan fingerprint density at radius 3 is 2.62 bits per heavy atom. The highest BCUT2D eigenvalue weighted by Crippen LogP contribution is 2.52. The first-order chi connectivity index (χ1) is 12.3. The molecule has 4 unspecified atom stereocenters. The van der Waals surface area contributed by atoms with Gasteiger partial charge in [0.2, 0.25) is 5.91 Å². The second-order valence-electron chi connectivity index (χ2n) is 7.87. The van der Waals surface area contributed by atoms with Gasteiger partial charge in [-0.2, -0.15) is 13.2 Å². The minimum Gasteiger partial charge on any atom is -0.369 e. The number of amides is 1. The number of carbonyl (C=O) groups excluding carboxylic acids is 1. The lowest BCUT2D eigenvalue weighted by atomic mass is 9.63. The molecule has 144 valence electrons. The van der Waals surface area contributed by atoms with Crippen molar-refractivity contribution >= 4 is 5.91 Å². The van der Waals surface area contributed by atoms with Crippen molar-refractivity contribution in [2.45, 2.75) is 45.2 Å². The topological polar surface area (TPSA) is 55.1 Å². The van der Waals surface area contributed by atoms with Crippen LogP contribution in [0.2, 0.25) is 0 Å². The third-order valence-electron chi connectivity index (χ3n) is 6.48. The van der Waals surface area contributed by atoms with Crippen LogP contribution in [-0.2, 0) is 17.4 Å². The molecule has 1 saturated heterocycles. The summed E-state index contributed by atoms with van der Waals surface area (Å²) < 4.78 is 40.4. The van der Waals surface area contributed by atoms with Crippen LogP contribution in [0, 0.1) is 23.2 Å². The average molecular weight is 368 g/mol. The van der Waals surface area contributed by atoms with Crippen LogP contribution in [0.3, 0.4) is 0 Å². The Balaban J connectivity index is 2.02. The van der Waals surface area contributed by atoms with Crippen LogP contribution in [-0.4, -0.2) is 19.0 Å². The molecule has 0 spiro atoms. The first kappa shape index (κ1) is 19.2. The molecule has 1 heterocycles. The summed E-state index contributed by atoms with van der Waals surface area (Å²) in [6.07, 6.45) is -1.23. The van der Waals surface area contributed by atoms with Gasteiger partial charge in [0.1, 0.15) is 0 Å². The van der Waals surface area contributed by atoms with E-state index in [0.717, 1.165) is 38.4 Å². The summed E-state index contributed by atoms with van der Waals surface area (Å²) in [5, 5.41) is 3.37. The molecule has 26 heavy (non-hydrogen) atoms. The van der Waals surface area contributed by atoms with E-state index in [2.05, 4.69) is 5.32 Å². The molecule has 1 saturated carbocycles. The lowest BCUT2D eigenvalue weighted by molar-refractivity contribution is -0.140. The van der Waals surface area contributed by atoms with Crippen molar-refractivity contribution in [2.24, 2.45) is 28.9 Å². The Morgan fingerprint density at radius 2 is 1.96 bits per heavy atom. The molecule has 6 heteroatoms. The van der Waals surface area contributed by atoms with Gasteiger partial charge in [0.05, 0.1) is 11.0 Å². The Kier molecular flexibility index (Phi) is 5.33. The smallest absolute Gasteiger partial charge is 0.369 e. The van der Waals surface area contributed by atoms with Gasteiger partial charge in [-0.3, -0.25) is 4.79 Å². The van der Waals surface area contributed by atoms with Crippen molar-refractivity contribution in [3.05, 3.63) is 35.4 Å². The Morgan fingerprint density at radius 1 is 1.23 bits per heavy atom. The van der Waals surface area contributed by atoms with E-state index in [1.165, 1.54) is 12.1 Å². The molecule has 2 aliphatic rings. The molecule has 1 aromatic carbocycles. The number of alkyl halides is 3. The molecular formula is C20H27F3N2O. The summed E-state index contributed by atoms with van der Waals surface area (Å²) >= 11 is 0. The quantitative estimate of drug-likeness (QED) is 0.803. The van der Waals surface area contributed by atoms with E-state index in [1.807, 2.05) is 6.92 Å². The first-order valence-electron chi connectivity index (χ1n) is 9.45. The van der Waals surface area contributed by atoms with Gasteiger partial charge in [0, 0.05) is 0 Å². The fraction of sp³-hybridized carbons (Fsp3) is 0.650. The van der Waals surface area contributed by atoms with Crippen molar-refractivity contribution in [3.63, 3.8) is 0 Å². The van der Waals surface area contributed by atoms with Crippen LogP contribution < -0.4 is 11.1 Å². The number of nitrogens with one attached hydrogen (secondary N) is 1. The van der Waals surface area contributed by atoms with Gasteiger partial charge in [-0.25, -0.2) is 0 Å². The minimum absolute atomic E-state index is 0.0428. The lowest BCUT2D eigenvalue weighted by Gasteiger charge is -2.40. The molecule has 1 aliphatic heterocycles. The summed E-state index contributed by atoms with van der Waals surface area (Å²) in [6, 6.07) is 5.60. The molecule has 1 aromatic rings. The second-order valence-corrected chi connectivity index (χ2v) is 7.87. The molecule has 2 fully saturated rings. The molecule has 1 aliphatic carbocycles. The number of primary amides is 1. The van der Waals surface area contributed by atoms with Gasteiger partial charge in [0.15, 0.2) is 0 Å². The van der Waals surface area contributed by atoms with Gasteiger partial charge >= 0.3 is 6.18 Å². The number of benzene rings is 1. The number of carbonyl (C=O) groups is 1. The highest BCUT2D eigenvalue weighted by Gasteiger charge is 2.53. The second kappa shape index (κ2) is 7.22. The maximum atomic E-state index is 13.5. The summed E-state index contributed by atoms with van der Waals surface area (Å²) in [7, 11) is 0. The number of hydrogen-bond donors (Lipinski definition) is 2. The molecule has 0 bridgehead atoms. The minimum atomic E-state index is -4.43. The van der Waals surface area contributed by atoms with Crippen LogP contribution >= 0.6 is 0 Å². The molecule has 3 rings (SSSR count). The van der Waals surface area contributed by atoms with Crippen LogP contribution in [0.25, 0.3) is 0 Å². The average Bonchev–Trinajstić information content (AvgIpc) is 3.17. The molecule has 3 nitrogen and oxygen atoms in total. The maximum Gasteiger partial charge on any atom is 0.416 e. The molecule has 0 aromatic heterocycles. The summed E-state index contributed by atoms with van der Waals surface area (Å²) in [5.74, 6) is 0.427. The van der Waals surface area contributed by atoms with Crippen molar-refractivity contribution in [3.8, 4) is 0 Å². The zero-order chi connectivity index (χ0) is 18.9. The maximum absolute atomic E-state index is 13.5. The van der Waals surface area contributed by atoms with Gasteiger partial charge in [-0.1, -0.05) is 31.5 Å². The van der Waals surface area contributed by atoms with Crippen LogP contribution in [0.1, 0.15) is 43.7 Å². The van der Waals surface area contributed by atoms with E-state index in [9.17, 15) is 18.0 Å². The van der Waals surface area contributed by atoms with Crippen molar-refractivity contribution in [1.82, 2.24) is 5.32 Å². The lowest BCUT2D eigenvalue weighted by Crippen LogP contribution is -2.47. The first-order valence-corrected chi connectivity index (χ1v) is 9.45. The van der Waals surface area contributed by atoms with Gasteiger partial charge < -0.3 is 11.1 Å². The van der Waals surface area contributed by atoms with E-state index in [0.29, 0.717) is 18.3 Å². The van der Waals surface area contributed by atoms with E-state index in [-0.39, 0.29) is 17.9 Å². The van der Waals surface area contributed by atoms with Gasteiger partial charge in [-0.15, -0.1) is 0 Å². The van der Waals surface area contributed by atoms with Gasteiger partial charge in [-0.05, 0) is 68.2 Å². The zero-order valence-corrected chi connectivity index (χ0v) is 15.1. The predicted octanol–water partition coefficient (Wildman–Crippen LogP) is 3.77. The van der Waals surface area contributed by atoms with Gasteiger partial charge in [0.25, 0.3) is 0 Å². The van der Waals surface area contributed by atoms with Crippen LogP contribution in [0.15, 0.2) is 24.3 Å². The third kappa shape index (κ3) is 3.36. The Bertz CT molecular complexity index is 661. The SMILES string of the molecule is CCCC(Cc1ccccc1C(F)(F)F)(C(N)=O)C1CCC2CNCC21. The van der Waals surface area contributed by atoms with Crippen molar-refractivity contribution in [1.29, 1.82) is 0 Å². The van der Waals surface area contributed by atoms with E-state index >= 15 is 0 Å². The summed E-state index contributed by atoms with van der Waals surface area (Å²) in [5.41, 5.74) is 4.50. The standard InChI is InChI=1S/C20H27F3N2O/c1-2-9-19(18(24)26,17-8-7-14-11-25-12-15(14)17)10-13-5-3-4-6-16(13)20(21,22)23/h3-6,14-15,17,25H,2,7-12H2,1H3,(H2,24,26). The molecule has 3 N–H and O–H groups in total. The highest BCUT2D eigenvalue weighted by molar-refractivity contribution is 5.82. The number of halogens is 3. The molecule has 1 amide bonds. The molecular weight excluding hydrogens is 341 g/mol. The summed E-state index contributed by atoms with van der Waals surface area (Å²) in [6.45, 7) is 3.73. The van der Waals surface area contributed by atoms with E-state index in [4.69, 9.17) is 5.73 Å². The van der Waals surface area contributed by atoms with Crippen molar-refractivity contribution in [2.75, 3.05) is 13.1 Å². The third-order valence-corrected chi connectivity index (χ3v) is 6.48. The normalized spacial score (nSPS) is 27.9. The predicted molar refractivity (Wildman–Crippen MR) is 94.3 cm³/mol. The molecule has 0 radical (unpaired) electrons. The number of hydrogen-bond acceptors (Lipinski definition) is 2. The number of nitrogens with two attached hydrogens (primary N) is 1. The van der Waals surface area contributed by atoms with Crippen LogP contribution in [0.5, 0.6) is 0 Å².